The Morgan fingerprint density at radius 1 is 1.12 bits per heavy atom. The lowest BCUT2D eigenvalue weighted by Crippen LogP contribution is -2.62. The molecule has 2 atom stereocenters. The number of halogens is 1. The molecule has 1 amide bonds. The van der Waals surface area contributed by atoms with Crippen molar-refractivity contribution in [3.63, 3.8) is 0 Å². The first-order chi connectivity index (χ1) is 15.2. The van der Waals surface area contributed by atoms with Gasteiger partial charge in [-0.15, -0.1) is 0 Å². The molecule has 0 spiro atoms. The zero-order valence-corrected chi connectivity index (χ0v) is 18.9. The molecular formula is C23H29FN2O5S. The predicted octanol–water partition coefficient (Wildman–Crippen LogP) is 2.37. The molecule has 9 heteroatoms. The van der Waals surface area contributed by atoms with Gasteiger partial charge in [0.2, 0.25) is 15.9 Å². The summed E-state index contributed by atoms with van der Waals surface area (Å²) in [7, 11) is -2.60. The highest BCUT2D eigenvalue weighted by Crippen LogP contribution is 2.60. The van der Waals surface area contributed by atoms with Crippen LogP contribution < -0.4 is 10.0 Å². The SMILES string of the molecule is COC(=O)C12CC3CC(C1)C(NC(=O)C1(CNS(=O)(=O)c4ccccc4F)CC1)C(C3)C2. The first kappa shape index (κ1) is 21.8. The van der Waals surface area contributed by atoms with Crippen molar-refractivity contribution in [3.05, 3.63) is 30.1 Å². The van der Waals surface area contributed by atoms with Gasteiger partial charge < -0.3 is 10.1 Å². The third kappa shape index (κ3) is 3.53. The van der Waals surface area contributed by atoms with E-state index >= 15 is 0 Å². The number of ether oxygens (including phenoxy) is 1. The van der Waals surface area contributed by atoms with E-state index in [0.29, 0.717) is 18.8 Å². The van der Waals surface area contributed by atoms with Crippen LogP contribution in [0.15, 0.2) is 29.2 Å². The molecule has 0 aliphatic heterocycles. The first-order valence-corrected chi connectivity index (χ1v) is 12.8. The quantitative estimate of drug-likeness (QED) is 0.604. The van der Waals surface area contributed by atoms with E-state index in [2.05, 4.69) is 10.0 Å². The van der Waals surface area contributed by atoms with Gasteiger partial charge in [-0.1, -0.05) is 12.1 Å². The molecule has 1 aromatic rings. The average molecular weight is 465 g/mol. The number of benzene rings is 1. The van der Waals surface area contributed by atoms with Gasteiger partial charge in [-0.3, -0.25) is 9.59 Å². The van der Waals surface area contributed by atoms with E-state index < -0.39 is 31.6 Å². The highest BCUT2D eigenvalue weighted by molar-refractivity contribution is 7.89. The molecule has 7 nitrogen and oxygen atoms in total. The summed E-state index contributed by atoms with van der Waals surface area (Å²) in [5.41, 5.74) is -1.19. The molecule has 6 rings (SSSR count). The molecule has 5 aliphatic carbocycles. The molecule has 1 aromatic carbocycles. The van der Waals surface area contributed by atoms with E-state index in [1.807, 2.05) is 0 Å². The van der Waals surface area contributed by atoms with Gasteiger partial charge in [0.25, 0.3) is 0 Å². The van der Waals surface area contributed by atoms with Crippen molar-refractivity contribution in [1.82, 2.24) is 10.0 Å². The summed E-state index contributed by atoms with van der Waals surface area (Å²) in [6.07, 6.45) is 5.56. The summed E-state index contributed by atoms with van der Waals surface area (Å²) in [6, 6.07) is 5.21. The molecule has 5 aliphatic rings. The van der Waals surface area contributed by atoms with Gasteiger partial charge in [0.05, 0.1) is 17.9 Å². The molecule has 2 N–H and O–H groups in total. The van der Waals surface area contributed by atoms with Gasteiger partial charge in [-0.2, -0.15) is 0 Å². The van der Waals surface area contributed by atoms with Gasteiger partial charge >= 0.3 is 5.97 Å². The van der Waals surface area contributed by atoms with Crippen molar-refractivity contribution in [1.29, 1.82) is 0 Å². The van der Waals surface area contributed by atoms with Gasteiger partial charge in [-0.05, 0) is 74.8 Å². The van der Waals surface area contributed by atoms with Crippen molar-refractivity contribution < 1.29 is 27.1 Å². The van der Waals surface area contributed by atoms with E-state index in [4.69, 9.17) is 4.74 Å². The fourth-order valence-electron chi connectivity index (χ4n) is 6.64. The van der Waals surface area contributed by atoms with Crippen LogP contribution in [0.4, 0.5) is 4.39 Å². The topological polar surface area (TPSA) is 102 Å². The summed E-state index contributed by atoms with van der Waals surface area (Å²) < 4.78 is 46.6. The average Bonchev–Trinajstić information content (AvgIpc) is 3.55. The molecule has 4 bridgehead atoms. The Kier molecular flexibility index (Phi) is 5.13. The van der Waals surface area contributed by atoms with Crippen molar-refractivity contribution in [2.24, 2.45) is 28.6 Å². The van der Waals surface area contributed by atoms with Crippen LogP contribution in [0.25, 0.3) is 0 Å². The summed E-state index contributed by atoms with van der Waals surface area (Å²) in [5, 5.41) is 3.23. The number of methoxy groups -OCH3 is 1. The number of hydrogen-bond donors (Lipinski definition) is 2. The summed E-state index contributed by atoms with van der Waals surface area (Å²) in [4.78, 5) is 25.3. The number of carbonyl (C=O) groups is 2. The van der Waals surface area contributed by atoms with Crippen LogP contribution in [0, 0.1) is 34.4 Å². The second-order valence-electron chi connectivity index (χ2n) is 10.3. The number of nitrogens with one attached hydrogen (secondary N) is 2. The van der Waals surface area contributed by atoms with Crippen LogP contribution in [0.5, 0.6) is 0 Å². The maximum Gasteiger partial charge on any atom is 0.311 e. The minimum atomic E-state index is -4.04. The van der Waals surface area contributed by atoms with Crippen LogP contribution in [-0.4, -0.2) is 40.0 Å². The molecule has 0 saturated heterocycles. The van der Waals surface area contributed by atoms with Crippen LogP contribution in [0.1, 0.15) is 44.9 Å². The third-order valence-electron chi connectivity index (χ3n) is 8.25. The Labute approximate surface area is 187 Å². The lowest BCUT2D eigenvalue weighted by Gasteiger charge is -2.58. The Morgan fingerprint density at radius 3 is 2.38 bits per heavy atom. The minimum Gasteiger partial charge on any atom is -0.469 e. The van der Waals surface area contributed by atoms with Crippen molar-refractivity contribution in [2.75, 3.05) is 13.7 Å². The van der Waals surface area contributed by atoms with E-state index in [0.717, 1.165) is 38.2 Å². The van der Waals surface area contributed by atoms with Crippen LogP contribution in [0.3, 0.4) is 0 Å². The molecule has 5 fully saturated rings. The molecule has 2 unspecified atom stereocenters. The maximum absolute atomic E-state index is 13.9. The lowest BCUT2D eigenvalue weighted by molar-refractivity contribution is -0.171. The number of sulfonamides is 1. The number of esters is 1. The second-order valence-corrected chi connectivity index (χ2v) is 12.0. The monoisotopic (exact) mass is 464 g/mol. The summed E-state index contributed by atoms with van der Waals surface area (Å²) in [5.74, 6) is -0.0868. The normalized spacial score (nSPS) is 34.2. The Bertz CT molecular complexity index is 1040. The number of hydrogen-bond acceptors (Lipinski definition) is 5. The van der Waals surface area contributed by atoms with Crippen LogP contribution in [-0.2, 0) is 24.3 Å². The molecule has 174 valence electrons. The maximum atomic E-state index is 13.9. The number of amides is 1. The van der Waals surface area contributed by atoms with E-state index in [9.17, 15) is 22.4 Å². The highest BCUT2D eigenvalue weighted by Gasteiger charge is 2.60. The van der Waals surface area contributed by atoms with Crippen molar-refractivity contribution in [3.8, 4) is 0 Å². The fourth-order valence-corrected chi connectivity index (χ4v) is 7.84. The largest absolute Gasteiger partial charge is 0.469 e. The molecule has 0 radical (unpaired) electrons. The Hall–Kier alpha value is -2.00. The van der Waals surface area contributed by atoms with Gasteiger partial charge in [0.1, 0.15) is 10.7 Å². The van der Waals surface area contributed by atoms with E-state index in [1.54, 1.807) is 0 Å². The third-order valence-corrected chi connectivity index (χ3v) is 9.69. The van der Waals surface area contributed by atoms with Crippen molar-refractivity contribution >= 4 is 21.9 Å². The van der Waals surface area contributed by atoms with Gasteiger partial charge in [-0.25, -0.2) is 17.5 Å². The van der Waals surface area contributed by atoms with Gasteiger partial charge in [0, 0.05) is 12.6 Å². The smallest absolute Gasteiger partial charge is 0.311 e. The Morgan fingerprint density at radius 2 is 1.78 bits per heavy atom. The van der Waals surface area contributed by atoms with Crippen LogP contribution >= 0.6 is 0 Å². The number of carbonyl (C=O) groups excluding carboxylic acids is 2. The molecule has 0 aromatic heterocycles. The zero-order valence-electron chi connectivity index (χ0n) is 18.1. The lowest BCUT2D eigenvalue weighted by atomic mass is 9.48. The summed E-state index contributed by atoms with van der Waals surface area (Å²) >= 11 is 0. The molecular weight excluding hydrogens is 435 g/mol. The molecule has 5 saturated carbocycles. The van der Waals surface area contributed by atoms with Crippen LogP contribution in [0.2, 0.25) is 0 Å². The molecule has 32 heavy (non-hydrogen) atoms. The fraction of sp³-hybridized carbons (Fsp3) is 0.652. The highest BCUT2D eigenvalue weighted by atomic mass is 32.2. The first-order valence-electron chi connectivity index (χ1n) is 11.3. The zero-order chi connectivity index (χ0) is 22.7. The van der Waals surface area contributed by atoms with Gasteiger partial charge in [0.15, 0.2) is 0 Å². The second kappa shape index (κ2) is 7.52. The van der Waals surface area contributed by atoms with Crippen molar-refractivity contribution in [2.45, 2.75) is 55.9 Å². The minimum absolute atomic E-state index is 0.0116. The van der Waals surface area contributed by atoms with E-state index in [-0.39, 0.29) is 36.3 Å². The standard InChI is InChI=1S/C23H29FN2O5S/c1-31-21(28)23-10-14-8-15(11-23)19(16(9-14)12-23)26-20(27)22(6-7-22)13-25-32(29,30)18-5-3-2-4-17(18)24/h2-5,14-16,19,25H,6-13H2,1H3,(H,26,27). The Balaban J connectivity index is 1.25. The van der Waals surface area contributed by atoms with E-state index in [1.165, 1.54) is 25.3 Å². The molecule has 0 heterocycles. The summed E-state index contributed by atoms with van der Waals surface area (Å²) in [6.45, 7) is -0.0493. The number of rotatable bonds is 7. The predicted molar refractivity (Wildman–Crippen MR) is 113 cm³/mol.